The standard InChI is InChI=1S/C22H30O4/c1-14(2)21-19(24)12-15(3)6-5-7-16(4)13-20(21)26-22(25)17-8-10-18(23)11-9-17/h7-12,14,19-21,23-24H,5-6,13H2,1-4H3/b15-12?,16-7+/t19-,20-,21-/m0/s1. The third-order valence-corrected chi connectivity index (χ3v) is 4.96. The lowest BCUT2D eigenvalue weighted by Crippen LogP contribution is -2.38. The maximum absolute atomic E-state index is 12.6. The maximum Gasteiger partial charge on any atom is 0.338 e. The summed E-state index contributed by atoms with van der Waals surface area (Å²) in [6, 6.07) is 6.03. The number of hydrogen-bond donors (Lipinski definition) is 2. The van der Waals surface area contributed by atoms with Crippen molar-refractivity contribution < 1.29 is 19.7 Å². The Bertz CT molecular complexity index is 670. The molecule has 0 spiro atoms. The number of ether oxygens (including phenoxy) is 1. The van der Waals surface area contributed by atoms with Gasteiger partial charge in [-0.3, -0.25) is 0 Å². The van der Waals surface area contributed by atoms with Crippen LogP contribution >= 0.6 is 0 Å². The minimum absolute atomic E-state index is 0.107. The number of phenolic OH excluding ortho intramolecular Hbond substituents is 1. The monoisotopic (exact) mass is 358 g/mol. The highest BCUT2D eigenvalue weighted by molar-refractivity contribution is 5.89. The zero-order chi connectivity index (χ0) is 19.3. The molecule has 0 bridgehead atoms. The molecule has 142 valence electrons. The Hall–Kier alpha value is -2.07. The second-order valence-corrected chi connectivity index (χ2v) is 7.61. The van der Waals surface area contributed by atoms with E-state index < -0.39 is 18.2 Å². The van der Waals surface area contributed by atoms with E-state index in [2.05, 4.69) is 6.08 Å². The molecule has 0 amide bonds. The van der Waals surface area contributed by atoms with Crippen LogP contribution in [0.5, 0.6) is 5.75 Å². The van der Waals surface area contributed by atoms with E-state index in [-0.39, 0.29) is 17.6 Å². The lowest BCUT2D eigenvalue weighted by molar-refractivity contribution is -0.0216. The molecule has 0 unspecified atom stereocenters. The first-order valence-corrected chi connectivity index (χ1v) is 9.29. The summed E-state index contributed by atoms with van der Waals surface area (Å²) in [7, 11) is 0. The number of rotatable bonds is 3. The third kappa shape index (κ3) is 5.46. The fraction of sp³-hybridized carbons (Fsp3) is 0.500. The lowest BCUT2D eigenvalue weighted by atomic mass is 9.81. The van der Waals surface area contributed by atoms with Gasteiger partial charge in [0.05, 0.1) is 11.7 Å². The van der Waals surface area contributed by atoms with Gasteiger partial charge in [0.2, 0.25) is 0 Å². The van der Waals surface area contributed by atoms with Crippen molar-refractivity contribution in [3.63, 3.8) is 0 Å². The molecule has 0 saturated carbocycles. The van der Waals surface area contributed by atoms with E-state index in [1.165, 1.54) is 17.7 Å². The fourth-order valence-corrected chi connectivity index (χ4v) is 3.54. The van der Waals surface area contributed by atoms with Crippen LogP contribution in [0.1, 0.15) is 57.3 Å². The molecule has 1 aliphatic rings. The molecule has 0 aromatic heterocycles. The van der Waals surface area contributed by atoms with Crippen molar-refractivity contribution in [3.05, 3.63) is 53.1 Å². The molecular weight excluding hydrogens is 328 g/mol. The molecule has 2 N–H and O–H groups in total. The van der Waals surface area contributed by atoms with Crippen LogP contribution in [0, 0.1) is 11.8 Å². The summed E-state index contributed by atoms with van der Waals surface area (Å²) in [5.41, 5.74) is 2.71. The summed E-state index contributed by atoms with van der Waals surface area (Å²) in [5.74, 6) is -0.361. The highest BCUT2D eigenvalue weighted by atomic mass is 16.5. The van der Waals surface area contributed by atoms with Crippen LogP contribution in [0.25, 0.3) is 0 Å². The molecule has 0 aliphatic heterocycles. The molecule has 2 rings (SSSR count). The van der Waals surface area contributed by atoms with Gasteiger partial charge in [0, 0.05) is 12.3 Å². The first-order chi connectivity index (χ1) is 12.3. The van der Waals surface area contributed by atoms with Crippen LogP contribution in [0.3, 0.4) is 0 Å². The number of aromatic hydroxyl groups is 1. The molecule has 0 saturated heterocycles. The quantitative estimate of drug-likeness (QED) is 0.611. The Kier molecular flexibility index (Phi) is 7.04. The van der Waals surface area contributed by atoms with Crippen molar-refractivity contribution in [3.8, 4) is 5.75 Å². The summed E-state index contributed by atoms with van der Waals surface area (Å²) in [4.78, 5) is 12.6. The number of phenols is 1. The Balaban J connectivity index is 2.30. The number of aliphatic hydroxyl groups excluding tert-OH is 1. The van der Waals surface area contributed by atoms with E-state index in [0.717, 1.165) is 18.4 Å². The van der Waals surface area contributed by atoms with Gasteiger partial charge in [-0.15, -0.1) is 0 Å². The molecule has 1 aromatic carbocycles. The summed E-state index contributed by atoms with van der Waals surface area (Å²) in [6.07, 6.45) is 5.48. The molecule has 1 aliphatic carbocycles. The summed E-state index contributed by atoms with van der Waals surface area (Å²) < 4.78 is 5.85. The zero-order valence-corrected chi connectivity index (χ0v) is 16.1. The van der Waals surface area contributed by atoms with E-state index in [1.807, 2.05) is 33.8 Å². The number of benzene rings is 1. The van der Waals surface area contributed by atoms with E-state index in [0.29, 0.717) is 12.0 Å². The van der Waals surface area contributed by atoms with Crippen molar-refractivity contribution in [1.29, 1.82) is 0 Å². The summed E-state index contributed by atoms with van der Waals surface area (Å²) >= 11 is 0. The molecule has 0 radical (unpaired) electrons. The van der Waals surface area contributed by atoms with Gasteiger partial charge in [0.25, 0.3) is 0 Å². The predicted molar refractivity (Wildman–Crippen MR) is 103 cm³/mol. The second kappa shape index (κ2) is 9.04. The van der Waals surface area contributed by atoms with Crippen LogP contribution < -0.4 is 0 Å². The van der Waals surface area contributed by atoms with Crippen LogP contribution in [-0.2, 0) is 4.74 Å². The van der Waals surface area contributed by atoms with Crippen molar-refractivity contribution in [1.82, 2.24) is 0 Å². The number of carbonyl (C=O) groups excluding carboxylic acids is 1. The Morgan fingerprint density at radius 1 is 1.15 bits per heavy atom. The second-order valence-electron chi connectivity index (χ2n) is 7.61. The first kappa shape index (κ1) is 20.2. The van der Waals surface area contributed by atoms with Gasteiger partial charge in [-0.2, -0.15) is 0 Å². The maximum atomic E-state index is 12.6. The molecule has 1 aromatic rings. The summed E-state index contributed by atoms with van der Waals surface area (Å²) in [5, 5.41) is 20.2. The normalized spacial score (nSPS) is 26.6. The first-order valence-electron chi connectivity index (χ1n) is 9.29. The van der Waals surface area contributed by atoms with Gasteiger partial charge in [-0.25, -0.2) is 4.79 Å². The average Bonchev–Trinajstić information content (AvgIpc) is 2.54. The minimum Gasteiger partial charge on any atom is -0.508 e. The smallest absolute Gasteiger partial charge is 0.338 e. The van der Waals surface area contributed by atoms with Crippen LogP contribution in [0.4, 0.5) is 0 Å². The van der Waals surface area contributed by atoms with Crippen LogP contribution in [0.15, 0.2) is 47.6 Å². The minimum atomic E-state index is -0.654. The predicted octanol–water partition coefficient (Wildman–Crippen LogP) is 4.63. The van der Waals surface area contributed by atoms with Crippen molar-refractivity contribution >= 4 is 5.97 Å². The SMILES string of the molecule is CC1=C[C@H](O)[C@H](C(C)C)[C@@H](OC(=O)c2ccc(O)cc2)C/C(C)=C/CC1. The third-order valence-electron chi connectivity index (χ3n) is 4.96. The lowest BCUT2D eigenvalue weighted by Gasteiger charge is -2.33. The largest absolute Gasteiger partial charge is 0.508 e. The molecule has 0 fully saturated rings. The van der Waals surface area contributed by atoms with E-state index >= 15 is 0 Å². The Labute approximate surface area is 156 Å². The van der Waals surface area contributed by atoms with Gasteiger partial charge >= 0.3 is 5.97 Å². The molecule has 4 nitrogen and oxygen atoms in total. The average molecular weight is 358 g/mol. The van der Waals surface area contributed by atoms with Gasteiger partial charge < -0.3 is 14.9 Å². The van der Waals surface area contributed by atoms with Crippen molar-refractivity contribution in [2.24, 2.45) is 11.8 Å². The van der Waals surface area contributed by atoms with Gasteiger partial charge in [0.1, 0.15) is 11.9 Å². The number of aliphatic hydroxyl groups is 1. The molecule has 3 atom stereocenters. The molecule has 26 heavy (non-hydrogen) atoms. The zero-order valence-electron chi connectivity index (χ0n) is 16.1. The van der Waals surface area contributed by atoms with Crippen LogP contribution in [0.2, 0.25) is 0 Å². The summed E-state index contributed by atoms with van der Waals surface area (Å²) in [6.45, 7) is 8.17. The topological polar surface area (TPSA) is 66.8 Å². The number of allylic oxidation sites excluding steroid dienone is 2. The van der Waals surface area contributed by atoms with E-state index in [1.54, 1.807) is 12.1 Å². The number of carbonyl (C=O) groups is 1. The van der Waals surface area contributed by atoms with Gasteiger partial charge in [0.15, 0.2) is 0 Å². The van der Waals surface area contributed by atoms with E-state index in [9.17, 15) is 15.0 Å². The number of hydrogen-bond acceptors (Lipinski definition) is 4. The van der Waals surface area contributed by atoms with Gasteiger partial charge in [-0.1, -0.05) is 37.1 Å². The number of esters is 1. The van der Waals surface area contributed by atoms with E-state index in [4.69, 9.17) is 4.74 Å². The van der Waals surface area contributed by atoms with Crippen LogP contribution in [-0.4, -0.2) is 28.4 Å². The van der Waals surface area contributed by atoms with Gasteiger partial charge in [-0.05, 0) is 56.9 Å². The molecular formula is C22H30O4. The highest BCUT2D eigenvalue weighted by Gasteiger charge is 2.33. The fourth-order valence-electron chi connectivity index (χ4n) is 3.54. The Morgan fingerprint density at radius 3 is 2.42 bits per heavy atom. The Morgan fingerprint density at radius 2 is 1.81 bits per heavy atom. The molecule has 4 heteroatoms. The van der Waals surface area contributed by atoms with Crippen molar-refractivity contribution in [2.45, 2.75) is 59.2 Å². The van der Waals surface area contributed by atoms with Crippen molar-refractivity contribution in [2.75, 3.05) is 0 Å². The highest BCUT2D eigenvalue weighted by Crippen LogP contribution is 2.30. The molecule has 0 heterocycles.